The summed E-state index contributed by atoms with van der Waals surface area (Å²) >= 11 is 0. The van der Waals surface area contributed by atoms with E-state index in [0.29, 0.717) is 13.0 Å². The summed E-state index contributed by atoms with van der Waals surface area (Å²) < 4.78 is 12.3. The van der Waals surface area contributed by atoms with Crippen molar-refractivity contribution in [2.24, 2.45) is 10.4 Å². The van der Waals surface area contributed by atoms with Gasteiger partial charge in [-0.05, 0) is 51.4 Å². The number of urea groups is 1. The third kappa shape index (κ3) is 9.97. The maximum Gasteiger partial charge on any atom is 0.319 e. The fourth-order valence-corrected chi connectivity index (χ4v) is 5.33. The second-order valence-electron chi connectivity index (χ2n) is 12.6. The smallest absolute Gasteiger partial charge is 0.319 e. The molecule has 8 nitrogen and oxygen atoms in total. The number of anilines is 1. The molecule has 2 N–H and O–H groups in total. The van der Waals surface area contributed by atoms with E-state index in [4.69, 9.17) is 14.5 Å². The van der Waals surface area contributed by atoms with E-state index in [0.717, 1.165) is 80.3 Å². The van der Waals surface area contributed by atoms with Crippen LogP contribution in [0.15, 0.2) is 41.4 Å². The van der Waals surface area contributed by atoms with Crippen LogP contribution in [0.3, 0.4) is 0 Å². The number of carbonyl (C=O) groups is 1. The molecule has 2 amide bonds. The number of amides is 2. The van der Waals surface area contributed by atoms with Gasteiger partial charge in [-0.1, -0.05) is 58.9 Å². The highest BCUT2D eigenvalue weighted by Crippen LogP contribution is 2.32. The van der Waals surface area contributed by atoms with E-state index in [-0.39, 0.29) is 17.6 Å². The molecule has 1 heterocycles. The Bertz CT molecular complexity index is 1150. The van der Waals surface area contributed by atoms with Gasteiger partial charge in [-0.2, -0.15) is 0 Å². The molecule has 2 aromatic carbocycles. The molecule has 3 rings (SSSR count). The first-order valence-electron chi connectivity index (χ1n) is 15.3. The number of benzene rings is 2. The van der Waals surface area contributed by atoms with Crippen LogP contribution in [0.25, 0.3) is 10.8 Å². The third-order valence-electron chi connectivity index (χ3n) is 7.65. The molecule has 228 valence electrons. The predicted octanol–water partition coefficient (Wildman–Crippen LogP) is 6.06. The number of likely N-dealkylation sites (N-methyl/N-ethyl adjacent to an activating group) is 1. The van der Waals surface area contributed by atoms with Crippen LogP contribution in [-0.2, 0) is 4.74 Å². The lowest BCUT2D eigenvalue weighted by Gasteiger charge is -2.35. The number of rotatable bonds is 13. The van der Waals surface area contributed by atoms with Crippen molar-refractivity contribution in [3.63, 3.8) is 0 Å². The molecule has 0 bridgehead atoms. The first kappa shape index (κ1) is 32.8. The number of aliphatic imine (C=N–C) groups is 1. The molecule has 0 radical (unpaired) electrons. The molecular weight excluding hydrogens is 514 g/mol. The summed E-state index contributed by atoms with van der Waals surface area (Å²) in [7, 11) is 0. The van der Waals surface area contributed by atoms with Crippen molar-refractivity contribution in [1.82, 2.24) is 15.1 Å². The van der Waals surface area contributed by atoms with Gasteiger partial charge in [0.25, 0.3) is 0 Å². The average molecular weight is 568 g/mol. The minimum Gasteiger partial charge on any atom is -0.492 e. The van der Waals surface area contributed by atoms with Crippen LogP contribution < -0.4 is 15.4 Å². The molecule has 8 heteroatoms. The molecular formula is C33H53N5O3. The molecule has 1 unspecified atom stereocenters. The second kappa shape index (κ2) is 15.0. The maximum atomic E-state index is 13.1. The second-order valence-corrected chi connectivity index (χ2v) is 12.6. The Morgan fingerprint density at radius 2 is 1.78 bits per heavy atom. The van der Waals surface area contributed by atoms with Gasteiger partial charge in [0.1, 0.15) is 12.4 Å². The molecule has 1 atom stereocenters. The molecule has 1 aliphatic heterocycles. The first-order valence-corrected chi connectivity index (χ1v) is 15.3. The van der Waals surface area contributed by atoms with Crippen molar-refractivity contribution >= 4 is 28.2 Å². The number of nitrogens with zero attached hydrogens (tertiary/aromatic N) is 3. The lowest BCUT2D eigenvalue weighted by Crippen LogP contribution is -2.48. The van der Waals surface area contributed by atoms with Crippen molar-refractivity contribution in [2.75, 3.05) is 64.3 Å². The van der Waals surface area contributed by atoms with Crippen LogP contribution in [0.2, 0.25) is 0 Å². The minimum absolute atomic E-state index is 0.0493. The lowest BCUT2D eigenvalue weighted by molar-refractivity contribution is -0.0445. The average Bonchev–Trinajstić information content (AvgIpc) is 2.92. The monoisotopic (exact) mass is 567 g/mol. The predicted molar refractivity (Wildman–Crippen MR) is 172 cm³/mol. The van der Waals surface area contributed by atoms with Gasteiger partial charge < -0.3 is 25.0 Å². The lowest BCUT2D eigenvalue weighted by atomic mass is 9.82. The van der Waals surface area contributed by atoms with Gasteiger partial charge in [-0.25, -0.2) is 4.79 Å². The quantitative estimate of drug-likeness (QED) is 0.288. The number of hydrogen-bond acceptors (Lipinski definition) is 6. The largest absolute Gasteiger partial charge is 0.492 e. The van der Waals surface area contributed by atoms with E-state index >= 15 is 0 Å². The molecule has 1 fully saturated rings. The zero-order valence-electron chi connectivity index (χ0n) is 26.7. The fourth-order valence-electron chi connectivity index (χ4n) is 5.33. The van der Waals surface area contributed by atoms with Gasteiger partial charge in [-0.3, -0.25) is 9.89 Å². The molecule has 1 saturated heterocycles. The van der Waals surface area contributed by atoms with Crippen LogP contribution in [0.1, 0.15) is 61.8 Å². The van der Waals surface area contributed by atoms with E-state index in [9.17, 15) is 4.79 Å². The van der Waals surface area contributed by atoms with Crippen LogP contribution in [0, 0.1) is 5.41 Å². The zero-order chi connectivity index (χ0) is 30.0. The molecule has 0 spiro atoms. The van der Waals surface area contributed by atoms with Gasteiger partial charge in [0.2, 0.25) is 0 Å². The molecule has 2 aromatic rings. The Labute approximate surface area is 247 Å². The number of ether oxygens (including phenoxy) is 2. The van der Waals surface area contributed by atoms with E-state index < -0.39 is 5.54 Å². The highest BCUT2D eigenvalue weighted by Gasteiger charge is 2.29. The van der Waals surface area contributed by atoms with E-state index in [2.05, 4.69) is 55.1 Å². The van der Waals surface area contributed by atoms with E-state index in [1.165, 1.54) is 0 Å². The van der Waals surface area contributed by atoms with Gasteiger partial charge >= 0.3 is 6.03 Å². The summed E-state index contributed by atoms with van der Waals surface area (Å²) in [6.45, 7) is 24.9. The summed E-state index contributed by atoms with van der Waals surface area (Å²) in [5, 5.41) is 8.17. The Hall–Kier alpha value is -2.68. The molecule has 0 saturated carbocycles. The summed E-state index contributed by atoms with van der Waals surface area (Å²) in [6, 6.07) is 11.7. The van der Waals surface area contributed by atoms with Crippen molar-refractivity contribution in [3.8, 4) is 5.75 Å². The van der Waals surface area contributed by atoms with Crippen LogP contribution in [0.4, 0.5) is 10.5 Å². The van der Waals surface area contributed by atoms with Gasteiger partial charge in [0, 0.05) is 61.2 Å². The molecule has 0 aliphatic carbocycles. The fraction of sp³-hybridized carbons (Fsp3) is 0.636. The van der Waals surface area contributed by atoms with E-state index in [1.54, 1.807) is 0 Å². The summed E-state index contributed by atoms with van der Waals surface area (Å²) in [5.74, 6) is 0.824. The topological polar surface area (TPSA) is 78.4 Å². The summed E-state index contributed by atoms with van der Waals surface area (Å²) in [5.41, 5.74) is 1.36. The van der Waals surface area contributed by atoms with Gasteiger partial charge in [0.05, 0.1) is 18.4 Å². The number of carbonyl (C=O) groups excluding carboxylic acids is 1. The maximum absolute atomic E-state index is 13.1. The highest BCUT2D eigenvalue weighted by molar-refractivity contribution is 6.04. The number of hydrogen-bond donors (Lipinski definition) is 2. The van der Waals surface area contributed by atoms with Crippen molar-refractivity contribution in [3.05, 3.63) is 36.4 Å². The van der Waals surface area contributed by atoms with E-state index in [1.807, 2.05) is 57.2 Å². The minimum atomic E-state index is -0.450. The number of morpholine rings is 1. The third-order valence-corrected chi connectivity index (χ3v) is 7.65. The van der Waals surface area contributed by atoms with Crippen LogP contribution in [-0.4, -0.2) is 92.2 Å². The Kier molecular flexibility index (Phi) is 12.0. The standard InChI is InChI=1S/C33H53N5O3/c1-9-34-30(32(4,5)6)22-33(7,8)36-31(39)35-28-16-17-29(27-15-13-12-14-26(27)28)41-21-19-38-18-20-40-25(24-38)23-37(10-2)11-3/h12-17,25H,9-11,18-24H2,1-8H3,(H2,35,36,39). The number of fused-ring (bicyclic) bond motifs is 1. The highest BCUT2D eigenvalue weighted by atomic mass is 16.5. The Morgan fingerprint density at radius 1 is 1.07 bits per heavy atom. The van der Waals surface area contributed by atoms with Gasteiger partial charge in [0.15, 0.2) is 0 Å². The van der Waals surface area contributed by atoms with Crippen molar-refractivity contribution in [2.45, 2.75) is 73.5 Å². The summed E-state index contributed by atoms with van der Waals surface area (Å²) in [6.07, 6.45) is 0.926. The molecule has 1 aliphatic rings. The summed E-state index contributed by atoms with van der Waals surface area (Å²) in [4.78, 5) is 22.7. The van der Waals surface area contributed by atoms with Crippen molar-refractivity contribution in [1.29, 1.82) is 0 Å². The molecule has 41 heavy (non-hydrogen) atoms. The normalized spacial score (nSPS) is 17.2. The SMILES string of the molecule is CCN=C(CC(C)(C)NC(=O)Nc1ccc(OCCN2CCOC(CN(CC)CC)C2)c2ccccc12)C(C)(C)C. The van der Waals surface area contributed by atoms with Crippen LogP contribution >= 0.6 is 0 Å². The zero-order valence-corrected chi connectivity index (χ0v) is 26.7. The van der Waals surface area contributed by atoms with Gasteiger partial charge in [-0.15, -0.1) is 0 Å². The Balaban J connectivity index is 1.61. The first-order chi connectivity index (χ1) is 19.5. The Morgan fingerprint density at radius 3 is 2.44 bits per heavy atom. The molecule has 0 aromatic heterocycles. The van der Waals surface area contributed by atoms with Crippen molar-refractivity contribution < 1.29 is 14.3 Å². The number of nitrogens with one attached hydrogen (secondary N) is 2. The van der Waals surface area contributed by atoms with Crippen LogP contribution in [0.5, 0.6) is 5.75 Å².